The maximum absolute atomic E-state index is 12.4. The second-order valence-corrected chi connectivity index (χ2v) is 3.72. The van der Waals surface area contributed by atoms with Gasteiger partial charge in [-0.15, -0.1) is 0 Å². The van der Waals surface area contributed by atoms with E-state index < -0.39 is 28.5 Å². The maximum Gasteiger partial charge on any atom is 0.416 e. The second kappa shape index (κ2) is 5.21. The van der Waals surface area contributed by atoms with Crippen LogP contribution in [0.4, 0.5) is 24.5 Å². The molecule has 0 aliphatic carbocycles. The minimum absolute atomic E-state index is 0.00616. The Balaban J connectivity index is 3.09. The quantitative estimate of drug-likeness (QED) is 0.646. The summed E-state index contributed by atoms with van der Waals surface area (Å²) in [6.07, 6.45) is -5.40. The topological polar surface area (TPSA) is 75.4 Å². The molecule has 1 aromatic carbocycles. The van der Waals surface area contributed by atoms with E-state index in [-0.39, 0.29) is 12.2 Å². The van der Waals surface area contributed by atoms with Gasteiger partial charge in [-0.1, -0.05) is 0 Å². The lowest BCUT2D eigenvalue weighted by Gasteiger charge is -2.11. The summed E-state index contributed by atoms with van der Waals surface area (Å²) in [4.78, 5) is 9.78. The van der Waals surface area contributed by atoms with E-state index >= 15 is 0 Å². The Morgan fingerprint density at radius 3 is 2.56 bits per heavy atom. The van der Waals surface area contributed by atoms with Crippen LogP contribution in [0.15, 0.2) is 18.2 Å². The van der Waals surface area contributed by atoms with E-state index in [9.17, 15) is 23.3 Å². The van der Waals surface area contributed by atoms with Crippen molar-refractivity contribution in [1.29, 1.82) is 0 Å². The molecule has 0 aliphatic heterocycles. The average Bonchev–Trinajstić information content (AvgIpc) is 2.24. The van der Waals surface area contributed by atoms with Gasteiger partial charge in [0.05, 0.1) is 16.6 Å². The number of hydrogen-bond donors (Lipinski definition) is 2. The summed E-state index contributed by atoms with van der Waals surface area (Å²) in [5.41, 5.74) is -1.82. The zero-order chi connectivity index (χ0) is 13.9. The molecule has 0 aromatic heterocycles. The van der Waals surface area contributed by atoms with Crippen molar-refractivity contribution in [3.05, 3.63) is 33.9 Å². The number of nitrogens with zero attached hydrogens (tertiary/aromatic N) is 1. The van der Waals surface area contributed by atoms with Gasteiger partial charge < -0.3 is 10.4 Å². The molecule has 0 saturated heterocycles. The van der Waals surface area contributed by atoms with E-state index in [0.717, 1.165) is 12.1 Å². The molecule has 1 rings (SSSR count). The smallest absolute Gasteiger partial charge is 0.392 e. The number of anilines is 1. The van der Waals surface area contributed by atoms with E-state index in [1.54, 1.807) is 0 Å². The highest BCUT2D eigenvalue weighted by Gasteiger charge is 2.32. The van der Waals surface area contributed by atoms with Gasteiger partial charge in [0.1, 0.15) is 5.69 Å². The van der Waals surface area contributed by atoms with Gasteiger partial charge in [-0.2, -0.15) is 13.2 Å². The highest BCUT2D eigenvalue weighted by Crippen LogP contribution is 2.34. The first-order valence-electron chi connectivity index (χ1n) is 4.99. The molecule has 8 heteroatoms. The lowest BCUT2D eigenvalue weighted by molar-refractivity contribution is -0.384. The summed E-state index contributed by atoms with van der Waals surface area (Å²) in [5, 5.41) is 22.2. The third-order valence-electron chi connectivity index (χ3n) is 2.11. The molecule has 0 spiro atoms. The number of alkyl halides is 3. The monoisotopic (exact) mass is 264 g/mol. The van der Waals surface area contributed by atoms with Crippen LogP contribution in [0.5, 0.6) is 0 Å². The van der Waals surface area contributed by atoms with Crippen LogP contribution in [0.25, 0.3) is 0 Å². The first-order valence-corrected chi connectivity index (χ1v) is 4.99. The number of hydrogen-bond acceptors (Lipinski definition) is 4. The van der Waals surface area contributed by atoms with Crippen LogP contribution >= 0.6 is 0 Å². The van der Waals surface area contributed by atoms with Gasteiger partial charge in [-0.05, 0) is 19.1 Å². The summed E-state index contributed by atoms with van der Waals surface area (Å²) in [6, 6.07) is 2.19. The molecule has 100 valence electrons. The largest absolute Gasteiger partial charge is 0.416 e. The zero-order valence-electron chi connectivity index (χ0n) is 9.36. The Labute approximate surface area is 100 Å². The normalized spacial score (nSPS) is 13.2. The fraction of sp³-hybridized carbons (Fsp3) is 0.400. The number of rotatable bonds is 4. The van der Waals surface area contributed by atoms with Crippen LogP contribution in [0.2, 0.25) is 0 Å². The molecule has 0 aliphatic rings. The van der Waals surface area contributed by atoms with E-state index in [4.69, 9.17) is 5.11 Å². The van der Waals surface area contributed by atoms with Crippen molar-refractivity contribution in [2.75, 3.05) is 11.9 Å². The fourth-order valence-electron chi connectivity index (χ4n) is 1.27. The second-order valence-electron chi connectivity index (χ2n) is 3.72. The third-order valence-corrected chi connectivity index (χ3v) is 2.11. The number of halogens is 3. The van der Waals surface area contributed by atoms with Gasteiger partial charge in [0.15, 0.2) is 0 Å². The highest BCUT2D eigenvalue weighted by atomic mass is 19.4. The molecule has 0 radical (unpaired) electrons. The first kappa shape index (κ1) is 14.2. The predicted octanol–water partition coefficient (Wildman–Crippen LogP) is 2.41. The van der Waals surface area contributed by atoms with Gasteiger partial charge >= 0.3 is 6.18 Å². The lowest BCUT2D eigenvalue weighted by atomic mass is 10.1. The van der Waals surface area contributed by atoms with E-state index in [2.05, 4.69) is 5.32 Å². The number of nitro groups is 1. The summed E-state index contributed by atoms with van der Waals surface area (Å²) in [7, 11) is 0. The highest BCUT2D eigenvalue weighted by molar-refractivity contribution is 5.63. The summed E-state index contributed by atoms with van der Waals surface area (Å²) in [6.45, 7) is 1.45. The number of nitrogens with one attached hydrogen (secondary N) is 1. The summed E-state index contributed by atoms with van der Waals surface area (Å²) in [5.74, 6) is 0. The Bertz CT molecular complexity index is 446. The number of nitro benzene ring substituents is 1. The number of aliphatic hydroxyl groups excluding tert-OH is 1. The van der Waals surface area contributed by atoms with Crippen molar-refractivity contribution < 1.29 is 23.2 Å². The van der Waals surface area contributed by atoms with Crippen molar-refractivity contribution in [1.82, 2.24) is 0 Å². The van der Waals surface area contributed by atoms with Crippen molar-refractivity contribution in [2.24, 2.45) is 0 Å². The minimum atomic E-state index is -4.63. The SMILES string of the molecule is C[C@@H](O)CNc1ccc(C(F)(F)F)cc1[N+](=O)[O-]. The predicted molar refractivity (Wildman–Crippen MR) is 58.3 cm³/mol. The van der Waals surface area contributed by atoms with Gasteiger partial charge in [0.2, 0.25) is 0 Å². The molecule has 0 amide bonds. The average molecular weight is 264 g/mol. The molecule has 1 atom stereocenters. The maximum atomic E-state index is 12.4. The molecule has 5 nitrogen and oxygen atoms in total. The van der Waals surface area contributed by atoms with E-state index in [0.29, 0.717) is 6.07 Å². The summed E-state index contributed by atoms with van der Waals surface area (Å²) < 4.78 is 37.2. The standard InChI is InChI=1S/C10H11F3N2O3/c1-6(16)5-14-8-3-2-7(10(11,12)13)4-9(8)15(17)18/h2-4,6,14,16H,5H2,1H3/t6-/m1/s1. The molecule has 0 saturated carbocycles. The molecular weight excluding hydrogens is 253 g/mol. The Morgan fingerprint density at radius 1 is 1.50 bits per heavy atom. The van der Waals surface area contributed by atoms with Crippen LogP contribution in [0.3, 0.4) is 0 Å². The molecule has 1 aromatic rings. The molecule has 0 bridgehead atoms. The van der Waals surface area contributed by atoms with Crippen molar-refractivity contribution in [3.8, 4) is 0 Å². The molecule has 0 heterocycles. The minimum Gasteiger partial charge on any atom is -0.392 e. The molecular formula is C10H11F3N2O3. The van der Waals surface area contributed by atoms with Crippen LogP contribution in [0, 0.1) is 10.1 Å². The van der Waals surface area contributed by atoms with E-state index in [1.165, 1.54) is 6.92 Å². The van der Waals surface area contributed by atoms with Crippen LogP contribution < -0.4 is 5.32 Å². The van der Waals surface area contributed by atoms with Gasteiger partial charge in [0.25, 0.3) is 5.69 Å². The number of benzene rings is 1. The van der Waals surface area contributed by atoms with Crippen molar-refractivity contribution in [3.63, 3.8) is 0 Å². The van der Waals surface area contributed by atoms with Crippen LogP contribution in [-0.2, 0) is 6.18 Å². The van der Waals surface area contributed by atoms with Gasteiger partial charge in [0, 0.05) is 12.6 Å². The number of aliphatic hydroxyl groups is 1. The van der Waals surface area contributed by atoms with Crippen LogP contribution in [0.1, 0.15) is 12.5 Å². The van der Waals surface area contributed by atoms with E-state index in [1.807, 2.05) is 0 Å². The molecule has 2 N–H and O–H groups in total. The molecule has 18 heavy (non-hydrogen) atoms. The summed E-state index contributed by atoms with van der Waals surface area (Å²) >= 11 is 0. The molecule has 0 unspecified atom stereocenters. The fourth-order valence-corrected chi connectivity index (χ4v) is 1.27. The molecule has 0 fully saturated rings. The Morgan fingerprint density at radius 2 is 2.11 bits per heavy atom. The zero-order valence-corrected chi connectivity index (χ0v) is 9.36. The third kappa shape index (κ3) is 3.59. The Hall–Kier alpha value is -1.83. The van der Waals surface area contributed by atoms with Crippen LogP contribution in [-0.4, -0.2) is 22.7 Å². The van der Waals surface area contributed by atoms with Gasteiger partial charge in [-0.3, -0.25) is 10.1 Å². The van der Waals surface area contributed by atoms with Gasteiger partial charge in [-0.25, -0.2) is 0 Å². The lowest BCUT2D eigenvalue weighted by Crippen LogP contribution is -2.16. The van der Waals surface area contributed by atoms with Crippen molar-refractivity contribution >= 4 is 11.4 Å². The Kier molecular flexibility index (Phi) is 4.12. The first-order chi connectivity index (χ1) is 8.21. The van der Waals surface area contributed by atoms with Crippen molar-refractivity contribution in [2.45, 2.75) is 19.2 Å².